The first-order valence-electron chi connectivity index (χ1n) is 8.43. The van der Waals surface area contributed by atoms with Crippen LogP contribution in [0, 0.1) is 23.2 Å². The van der Waals surface area contributed by atoms with E-state index in [-0.39, 0.29) is 0 Å². The highest BCUT2D eigenvalue weighted by atomic mass is 32.2. The number of allylic oxidation sites excluding steroid dienone is 3. The predicted octanol–water partition coefficient (Wildman–Crippen LogP) is 4.93. The topological polar surface area (TPSA) is 62.2 Å². The third-order valence-electron chi connectivity index (χ3n) is 4.54. The molecule has 2 N–H and O–H groups in total. The Kier molecular flexibility index (Phi) is 6.53. The number of rotatable bonds is 5. The summed E-state index contributed by atoms with van der Waals surface area (Å²) in [7, 11) is 0. The first kappa shape index (κ1) is 17.9. The first-order chi connectivity index (χ1) is 11.0. The fourth-order valence-corrected chi connectivity index (χ4v) is 3.88. The van der Waals surface area contributed by atoms with Gasteiger partial charge in [0.05, 0.1) is 11.8 Å². The van der Waals surface area contributed by atoms with Crippen molar-refractivity contribution in [1.82, 2.24) is 0 Å². The van der Waals surface area contributed by atoms with E-state index in [4.69, 9.17) is 16.0 Å². The Labute approximate surface area is 144 Å². The van der Waals surface area contributed by atoms with E-state index in [1.54, 1.807) is 11.8 Å². The lowest BCUT2D eigenvalue weighted by atomic mass is 9.89. The van der Waals surface area contributed by atoms with E-state index in [0.717, 1.165) is 41.7 Å². The zero-order valence-electron chi connectivity index (χ0n) is 14.4. The van der Waals surface area contributed by atoms with Crippen LogP contribution in [0.25, 0.3) is 0 Å². The van der Waals surface area contributed by atoms with Gasteiger partial charge in [0.25, 0.3) is 0 Å². The van der Waals surface area contributed by atoms with Gasteiger partial charge in [0.2, 0.25) is 0 Å². The Hall–Kier alpha value is -1.47. The highest BCUT2D eigenvalue weighted by Crippen LogP contribution is 2.36. The van der Waals surface area contributed by atoms with Gasteiger partial charge in [0, 0.05) is 23.8 Å². The van der Waals surface area contributed by atoms with E-state index in [2.05, 4.69) is 19.9 Å². The van der Waals surface area contributed by atoms with Gasteiger partial charge in [0.15, 0.2) is 0 Å². The third-order valence-corrected chi connectivity index (χ3v) is 5.24. The van der Waals surface area contributed by atoms with Gasteiger partial charge in [-0.2, -0.15) is 5.26 Å². The maximum absolute atomic E-state index is 8.90. The SMILES string of the molecule is CSC1=C(/C(N)=C/C#N)C=C2CC(=N1)CCC(CCC(C)C)C2. The van der Waals surface area contributed by atoms with Crippen molar-refractivity contribution < 1.29 is 0 Å². The van der Waals surface area contributed by atoms with Crippen molar-refractivity contribution >= 4 is 17.5 Å². The van der Waals surface area contributed by atoms with Gasteiger partial charge in [-0.1, -0.05) is 31.9 Å². The summed E-state index contributed by atoms with van der Waals surface area (Å²) in [6, 6.07) is 2.04. The summed E-state index contributed by atoms with van der Waals surface area (Å²) in [5.41, 5.74) is 10.2. The normalized spacial score (nSPS) is 22.2. The molecule has 4 heteroatoms. The Morgan fingerprint density at radius 2 is 2.35 bits per heavy atom. The van der Waals surface area contributed by atoms with E-state index < -0.39 is 0 Å². The molecule has 3 nitrogen and oxygen atoms in total. The number of fused-ring (bicyclic) bond motifs is 2. The first-order valence-corrected chi connectivity index (χ1v) is 9.65. The summed E-state index contributed by atoms with van der Waals surface area (Å²) in [6.45, 7) is 4.59. The zero-order valence-corrected chi connectivity index (χ0v) is 15.2. The van der Waals surface area contributed by atoms with Crippen molar-refractivity contribution in [2.75, 3.05) is 6.26 Å². The molecule has 0 amide bonds. The van der Waals surface area contributed by atoms with Crippen molar-refractivity contribution in [3.8, 4) is 6.07 Å². The highest BCUT2D eigenvalue weighted by molar-refractivity contribution is 8.02. The Morgan fingerprint density at radius 1 is 1.57 bits per heavy atom. The molecule has 0 aromatic carbocycles. The summed E-state index contributed by atoms with van der Waals surface area (Å²) in [4.78, 5) is 4.87. The van der Waals surface area contributed by atoms with Gasteiger partial charge in [-0.15, -0.1) is 11.8 Å². The van der Waals surface area contributed by atoms with Crippen molar-refractivity contribution in [2.45, 2.75) is 52.4 Å². The lowest BCUT2D eigenvalue weighted by molar-refractivity contribution is 0.407. The molecule has 2 bridgehead atoms. The molecule has 1 aliphatic carbocycles. The van der Waals surface area contributed by atoms with Crippen molar-refractivity contribution in [2.24, 2.45) is 22.6 Å². The molecule has 1 unspecified atom stereocenters. The fourth-order valence-electron chi connectivity index (χ4n) is 3.27. The van der Waals surface area contributed by atoms with Gasteiger partial charge in [0.1, 0.15) is 5.03 Å². The van der Waals surface area contributed by atoms with Crippen LogP contribution in [-0.2, 0) is 0 Å². The minimum absolute atomic E-state index is 0.527. The second kappa shape index (κ2) is 8.40. The summed E-state index contributed by atoms with van der Waals surface area (Å²) in [6.07, 6.45) is 12.6. The lowest BCUT2D eigenvalue weighted by Gasteiger charge is -2.17. The van der Waals surface area contributed by atoms with Gasteiger partial charge in [-0.05, 0) is 43.8 Å². The standard InChI is InChI=1S/C19H27N3S/c1-13(2)4-5-14-6-7-16-11-15(10-14)12-17(18(21)8-9-20)19(22-16)23-3/h8,12-14H,4-7,10-11,21H2,1-3H3/b18-8-. The number of thioether (sulfide) groups is 1. The van der Waals surface area contributed by atoms with E-state index >= 15 is 0 Å². The minimum atomic E-state index is 0.527. The smallest absolute Gasteiger partial charge is 0.105 e. The van der Waals surface area contributed by atoms with Crippen LogP contribution >= 0.6 is 11.8 Å². The Morgan fingerprint density at radius 3 is 3.00 bits per heavy atom. The summed E-state index contributed by atoms with van der Waals surface area (Å²) in [5, 5.41) is 9.84. The van der Waals surface area contributed by atoms with E-state index in [1.165, 1.54) is 36.6 Å². The van der Waals surface area contributed by atoms with E-state index in [1.807, 2.05) is 12.3 Å². The molecule has 0 radical (unpaired) electrons. The van der Waals surface area contributed by atoms with E-state index in [9.17, 15) is 0 Å². The van der Waals surface area contributed by atoms with Crippen LogP contribution < -0.4 is 5.73 Å². The number of nitrogens with two attached hydrogens (primary N) is 1. The van der Waals surface area contributed by atoms with Gasteiger partial charge < -0.3 is 5.73 Å². The Bertz CT molecular complexity index is 603. The lowest BCUT2D eigenvalue weighted by Crippen LogP contribution is -2.05. The summed E-state index contributed by atoms with van der Waals surface area (Å²) in [5.74, 6) is 1.51. The molecule has 124 valence electrons. The molecule has 1 fully saturated rings. The number of nitriles is 1. The van der Waals surface area contributed by atoms with Gasteiger partial charge in [-0.3, -0.25) is 0 Å². The average molecular weight is 330 g/mol. The number of nitrogens with zero attached hydrogens (tertiary/aromatic N) is 2. The molecular weight excluding hydrogens is 302 g/mol. The van der Waals surface area contributed by atoms with Crippen molar-refractivity contribution in [3.05, 3.63) is 34.0 Å². The van der Waals surface area contributed by atoms with Crippen LogP contribution in [-0.4, -0.2) is 12.0 Å². The molecular formula is C19H27N3S. The largest absolute Gasteiger partial charge is 0.398 e. The second-order valence-electron chi connectivity index (χ2n) is 6.89. The number of aliphatic imine (C=N–C) groups is 1. The molecule has 1 aliphatic heterocycles. The van der Waals surface area contributed by atoms with Crippen molar-refractivity contribution in [3.63, 3.8) is 0 Å². The van der Waals surface area contributed by atoms with Crippen LogP contribution in [0.15, 0.2) is 39.0 Å². The van der Waals surface area contributed by atoms with Gasteiger partial charge >= 0.3 is 0 Å². The number of hydrogen-bond acceptors (Lipinski definition) is 4. The molecule has 0 aromatic heterocycles. The van der Waals surface area contributed by atoms with Crippen LogP contribution in [0.1, 0.15) is 52.4 Å². The maximum Gasteiger partial charge on any atom is 0.105 e. The monoisotopic (exact) mass is 329 g/mol. The van der Waals surface area contributed by atoms with Crippen LogP contribution in [0.4, 0.5) is 0 Å². The minimum Gasteiger partial charge on any atom is -0.398 e. The summed E-state index contributed by atoms with van der Waals surface area (Å²) >= 11 is 1.61. The second-order valence-corrected chi connectivity index (χ2v) is 7.68. The maximum atomic E-state index is 8.90. The fraction of sp³-hybridized carbons (Fsp3) is 0.579. The van der Waals surface area contributed by atoms with Crippen LogP contribution in [0.2, 0.25) is 0 Å². The molecule has 2 aliphatic rings. The quantitative estimate of drug-likeness (QED) is 0.727. The van der Waals surface area contributed by atoms with E-state index in [0.29, 0.717) is 5.70 Å². The zero-order chi connectivity index (χ0) is 16.8. The molecule has 1 saturated carbocycles. The molecule has 0 saturated heterocycles. The summed E-state index contributed by atoms with van der Waals surface area (Å²) < 4.78 is 0. The highest BCUT2D eigenvalue weighted by Gasteiger charge is 2.23. The number of hydrogen-bond donors (Lipinski definition) is 1. The van der Waals surface area contributed by atoms with Gasteiger partial charge in [-0.25, -0.2) is 4.99 Å². The molecule has 1 heterocycles. The third kappa shape index (κ3) is 5.00. The molecule has 23 heavy (non-hydrogen) atoms. The van der Waals surface area contributed by atoms with Crippen molar-refractivity contribution in [1.29, 1.82) is 5.26 Å². The average Bonchev–Trinajstić information content (AvgIpc) is 2.81. The van der Waals surface area contributed by atoms with Crippen LogP contribution in [0.5, 0.6) is 0 Å². The Balaban J connectivity index is 2.30. The predicted molar refractivity (Wildman–Crippen MR) is 100.0 cm³/mol. The van der Waals surface area contributed by atoms with Crippen LogP contribution in [0.3, 0.4) is 0 Å². The molecule has 0 spiro atoms. The molecule has 2 rings (SSSR count). The molecule has 1 atom stereocenters. The molecule has 0 aromatic rings.